The number of benzene rings is 2. The van der Waals surface area contributed by atoms with Crippen LogP contribution in [0.25, 0.3) is 0 Å². The van der Waals surface area contributed by atoms with Gasteiger partial charge in [0.2, 0.25) is 0 Å². The highest BCUT2D eigenvalue weighted by Gasteiger charge is 2.14. The molecule has 0 aliphatic rings. The summed E-state index contributed by atoms with van der Waals surface area (Å²) in [5.41, 5.74) is 2.08. The maximum Gasteiger partial charge on any atom is 0.276 e. The number of hydrogen-bond acceptors (Lipinski definition) is 4. The van der Waals surface area contributed by atoms with Crippen LogP contribution in [0.15, 0.2) is 93.6 Å². The second kappa shape index (κ2) is 7.58. The SMILES string of the molecule is O=S(=O)(N/N=C(/c1ccccc1)c1ccncc1)c1ccc(Br)cc1. The van der Waals surface area contributed by atoms with Crippen molar-refractivity contribution in [1.82, 2.24) is 9.82 Å². The fourth-order valence-electron chi connectivity index (χ4n) is 2.17. The van der Waals surface area contributed by atoms with Crippen LogP contribution in [0.5, 0.6) is 0 Å². The van der Waals surface area contributed by atoms with Gasteiger partial charge in [0.15, 0.2) is 0 Å². The Labute approximate surface area is 154 Å². The predicted molar refractivity (Wildman–Crippen MR) is 101 cm³/mol. The van der Waals surface area contributed by atoms with Gasteiger partial charge in [-0.25, -0.2) is 0 Å². The fraction of sp³-hybridized carbons (Fsp3) is 0. The largest absolute Gasteiger partial charge is 0.276 e. The second-order valence-corrected chi connectivity index (χ2v) is 7.69. The molecule has 126 valence electrons. The lowest BCUT2D eigenvalue weighted by Crippen LogP contribution is -2.21. The molecule has 0 aliphatic carbocycles. The Morgan fingerprint density at radius 1 is 0.880 bits per heavy atom. The third kappa shape index (κ3) is 4.32. The highest BCUT2D eigenvalue weighted by molar-refractivity contribution is 9.10. The van der Waals surface area contributed by atoms with E-state index in [9.17, 15) is 8.42 Å². The molecule has 0 fully saturated rings. The molecule has 2 aromatic carbocycles. The zero-order chi connectivity index (χ0) is 17.7. The van der Waals surface area contributed by atoms with Crippen LogP contribution in [-0.4, -0.2) is 19.1 Å². The lowest BCUT2D eigenvalue weighted by atomic mass is 10.0. The van der Waals surface area contributed by atoms with Crippen LogP contribution in [0, 0.1) is 0 Å². The first kappa shape index (κ1) is 17.3. The topological polar surface area (TPSA) is 71.4 Å². The van der Waals surface area contributed by atoms with E-state index >= 15 is 0 Å². The minimum Gasteiger partial charge on any atom is -0.265 e. The van der Waals surface area contributed by atoms with Gasteiger partial charge in [0.25, 0.3) is 10.0 Å². The van der Waals surface area contributed by atoms with E-state index in [1.165, 1.54) is 12.1 Å². The minimum absolute atomic E-state index is 0.140. The first-order chi connectivity index (χ1) is 12.1. The molecule has 3 aromatic rings. The molecule has 0 amide bonds. The molecule has 0 radical (unpaired) electrons. The van der Waals surface area contributed by atoms with Crippen molar-refractivity contribution >= 4 is 31.7 Å². The van der Waals surface area contributed by atoms with Crippen LogP contribution in [0.4, 0.5) is 0 Å². The van der Waals surface area contributed by atoms with Crippen molar-refractivity contribution in [2.24, 2.45) is 5.10 Å². The van der Waals surface area contributed by atoms with Crippen LogP contribution in [0.1, 0.15) is 11.1 Å². The van der Waals surface area contributed by atoms with E-state index in [-0.39, 0.29) is 4.90 Å². The van der Waals surface area contributed by atoms with Crippen LogP contribution in [0.2, 0.25) is 0 Å². The molecule has 0 atom stereocenters. The quantitative estimate of drug-likeness (QED) is 0.511. The van der Waals surface area contributed by atoms with Crippen LogP contribution < -0.4 is 4.83 Å². The summed E-state index contributed by atoms with van der Waals surface area (Å²) in [5.74, 6) is 0. The summed E-state index contributed by atoms with van der Waals surface area (Å²) >= 11 is 3.29. The van der Waals surface area contributed by atoms with E-state index in [1.807, 2.05) is 30.3 Å². The van der Waals surface area contributed by atoms with Gasteiger partial charge < -0.3 is 0 Å². The van der Waals surface area contributed by atoms with Crippen molar-refractivity contribution in [1.29, 1.82) is 0 Å². The van der Waals surface area contributed by atoms with Crippen LogP contribution >= 0.6 is 15.9 Å². The number of nitrogens with one attached hydrogen (secondary N) is 1. The Balaban J connectivity index is 1.98. The van der Waals surface area contributed by atoms with Crippen LogP contribution in [-0.2, 0) is 10.0 Å². The molecule has 1 heterocycles. The number of hydrogen-bond donors (Lipinski definition) is 1. The standard InChI is InChI=1S/C18H14BrN3O2S/c19-16-6-8-17(9-7-16)25(23,24)22-21-18(14-4-2-1-3-5-14)15-10-12-20-13-11-15/h1-13,22H/b21-18-. The van der Waals surface area contributed by atoms with Gasteiger partial charge in [-0.15, -0.1) is 0 Å². The minimum atomic E-state index is -3.76. The molecule has 7 heteroatoms. The molecule has 5 nitrogen and oxygen atoms in total. The average molecular weight is 416 g/mol. The van der Waals surface area contributed by atoms with E-state index in [2.05, 4.69) is 30.8 Å². The van der Waals surface area contributed by atoms with Gasteiger partial charge in [0.05, 0.1) is 10.6 Å². The molecule has 1 N–H and O–H groups in total. The average Bonchev–Trinajstić information content (AvgIpc) is 2.64. The number of aromatic nitrogens is 1. The summed E-state index contributed by atoms with van der Waals surface area (Å²) in [5, 5.41) is 4.17. The third-order valence-electron chi connectivity index (χ3n) is 3.40. The third-order valence-corrected chi connectivity index (χ3v) is 5.16. The van der Waals surface area contributed by atoms with E-state index in [1.54, 1.807) is 36.7 Å². The van der Waals surface area contributed by atoms with E-state index in [0.29, 0.717) is 5.71 Å². The molecule has 0 spiro atoms. The molecule has 0 aliphatic heterocycles. The highest BCUT2D eigenvalue weighted by atomic mass is 79.9. The molecule has 3 rings (SSSR count). The lowest BCUT2D eigenvalue weighted by molar-refractivity contribution is 0.584. The van der Waals surface area contributed by atoms with Gasteiger partial charge in [-0.05, 0) is 36.4 Å². The normalized spacial score (nSPS) is 12.0. The van der Waals surface area contributed by atoms with Gasteiger partial charge in [0, 0.05) is 28.0 Å². The molecular weight excluding hydrogens is 402 g/mol. The first-order valence-corrected chi connectivity index (χ1v) is 9.65. The number of sulfonamides is 1. The summed E-state index contributed by atoms with van der Waals surface area (Å²) in [4.78, 5) is 6.44. The van der Waals surface area contributed by atoms with Gasteiger partial charge in [0.1, 0.15) is 0 Å². The molecule has 1 aromatic heterocycles. The van der Waals surface area contributed by atoms with Crippen molar-refractivity contribution in [3.63, 3.8) is 0 Å². The number of hydrazone groups is 1. The summed E-state index contributed by atoms with van der Waals surface area (Å²) in [7, 11) is -3.76. The van der Waals surface area contributed by atoms with E-state index in [4.69, 9.17) is 0 Å². The van der Waals surface area contributed by atoms with Crippen molar-refractivity contribution in [2.45, 2.75) is 4.90 Å². The van der Waals surface area contributed by atoms with Gasteiger partial charge in [-0.3, -0.25) is 4.98 Å². The molecule has 0 saturated heterocycles. The van der Waals surface area contributed by atoms with Crippen LogP contribution in [0.3, 0.4) is 0 Å². The summed E-state index contributed by atoms with van der Waals surface area (Å²) in [6.07, 6.45) is 3.27. The van der Waals surface area contributed by atoms with E-state index in [0.717, 1.165) is 15.6 Å². The Morgan fingerprint density at radius 3 is 2.12 bits per heavy atom. The monoisotopic (exact) mass is 415 g/mol. The Bertz CT molecular complexity index is 932. The zero-order valence-electron chi connectivity index (χ0n) is 13.0. The van der Waals surface area contributed by atoms with Gasteiger partial charge >= 0.3 is 0 Å². The molecule has 0 bridgehead atoms. The number of pyridine rings is 1. The zero-order valence-corrected chi connectivity index (χ0v) is 15.4. The number of halogens is 1. The molecule has 25 heavy (non-hydrogen) atoms. The maximum atomic E-state index is 12.5. The van der Waals surface area contributed by atoms with Crippen molar-refractivity contribution in [3.05, 3.63) is 94.7 Å². The number of nitrogens with zero attached hydrogens (tertiary/aromatic N) is 2. The van der Waals surface area contributed by atoms with Crippen molar-refractivity contribution in [3.8, 4) is 0 Å². The van der Waals surface area contributed by atoms with Gasteiger partial charge in [-0.1, -0.05) is 46.3 Å². The Kier molecular flexibility index (Phi) is 5.25. The summed E-state index contributed by atoms with van der Waals surface area (Å²) in [6.45, 7) is 0. The smallest absolute Gasteiger partial charge is 0.265 e. The first-order valence-electron chi connectivity index (χ1n) is 7.37. The Morgan fingerprint density at radius 2 is 1.48 bits per heavy atom. The predicted octanol–water partition coefficient (Wildman–Crippen LogP) is 3.58. The summed E-state index contributed by atoms with van der Waals surface area (Å²) < 4.78 is 25.7. The van der Waals surface area contributed by atoms with Crippen molar-refractivity contribution < 1.29 is 8.42 Å². The maximum absolute atomic E-state index is 12.5. The second-order valence-electron chi connectivity index (χ2n) is 5.11. The summed E-state index contributed by atoms with van der Waals surface area (Å²) in [6, 6.07) is 19.3. The molecule has 0 unspecified atom stereocenters. The van der Waals surface area contributed by atoms with E-state index < -0.39 is 10.0 Å². The van der Waals surface area contributed by atoms with Crippen molar-refractivity contribution in [2.75, 3.05) is 0 Å². The lowest BCUT2D eigenvalue weighted by Gasteiger charge is -2.09. The molecular formula is C18H14BrN3O2S. The Hall–Kier alpha value is -2.51. The highest BCUT2D eigenvalue weighted by Crippen LogP contribution is 2.15. The number of rotatable bonds is 5. The molecule has 0 saturated carbocycles. The fourth-order valence-corrected chi connectivity index (χ4v) is 3.25. The van der Waals surface area contributed by atoms with Gasteiger partial charge in [-0.2, -0.15) is 18.4 Å².